The van der Waals surface area contributed by atoms with E-state index < -0.39 is 6.10 Å². The van der Waals surface area contributed by atoms with Crippen LogP contribution < -0.4 is 16.2 Å². The minimum atomic E-state index is -0.845. The Balaban J connectivity index is 1.01. The fraction of sp³-hybridized carbons (Fsp3) is 0.469. The predicted octanol–water partition coefficient (Wildman–Crippen LogP) is 2.97. The molecule has 3 aromatic rings. The van der Waals surface area contributed by atoms with E-state index in [2.05, 4.69) is 20.5 Å². The first-order valence-electron chi connectivity index (χ1n) is 14.9. The maximum Gasteiger partial charge on any atom is 0.248 e. The molecule has 3 atom stereocenters. The van der Waals surface area contributed by atoms with Gasteiger partial charge in [-0.05, 0) is 60.1 Å². The first-order valence-corrected chi connectivity index (χ1v) is 14.9. The standard InChI is InChI=1S/C32H41N5O5/c1-36(31(42)14-16-37-19-22-3-2-4-23(22)20-37)15-13-30(41)34-24-7-5-21(6-8-24)17-33-18-28(39)25-9-11-27(38)32-26(25)10-12-29(40)35-32/h5-12,22-23,28,33,38-39H,2-4,13-20H2,1H3,(H,34,41)(H,35,40)/t22?,23?,28-/m0/s1. The van der Waals surface area contributed by atoms with Gasteiger partial charge in [0, 0.05) is 76.3 Å². The van der Waals surface area contributed by atoms with Crippen LogP contribution in [0.2, 0.25) is 0 Å². The number of benzene rings is 2. The van der Waals surface area contributed by atoms with Crippen molar-refractivity contribution < 1.29 is 19.8 Å². The van der Waals surface area contributed by atoms with Crippen molar-refractivity contribution in [2.24, 2.45) is 11.8 Å². The largest absolute Gasteiger partial charge is 0.506 e. The molecule has 2 aromatic carbocycles. The fourth-order valence-corrected chi connectivity index (χ4v) is 6.30. The van der Waals surface area contributed by atoms with Gasteiger partial charge in [0.25, 0.3) is 0 Å². The number of nitrogens with one attached hydrogen (secondary N) is 3. The minimum absolute atomic E-state index is 0.0474. The van der Waals surface area contributed by atoms with Gasteiger partial charge < -0.3 is 35.6 Å². The average Bonchev–Trinajstić information content (AvgIpc) is 3.58. The molecule has 2 heterocycles. The van der Waals surface area contributed by atoms with Gasteiger partial charge in [-0.15, -0.1) is 0 Å². The van der Waals surface area contributed by atoms with E-state index in [0.29, 0.717) is 41.7 Å². The summed E-state index contributed by atoms with van der Waals surface area (Å²) in [5.41, 5.74) is 2.24. The highest BCUT2D eigenvalue weighted by atomic mass is 16.3. The van der Waals surface area contributed by atoms with Crippen molar-refractivity contribution in [2.75, 3.05) is 45.1 Å². The van der Waals surface area contributed by atoms with Crippen molar-refractivity contribution >= 4 is 28.4 Å². The molecule has 1 aliphatic carbocycles. The zero-order chi connectivity index (χ0) is 29.6. The molecule has 224 valence electrons. The second kappa shape index (κ2) is 13.5. The third kappa shape index (κ3) is 7.36. The van der Waals surface area contributed by atoms with Crippen LogP contribution in [0.25, 0.3) is 10.9 Å². The molecule has 2 amide bonds. The van der Waals surface area contributed by atoms with Gasteiger partial charge in [-0.1, -0.05) is 24.6 Å². The maximum atomic E-state index is 12.6. The molecule has 2 unspecified atom stereocenters. The highest BCUT2D eigenvalue weighted by Gasteiger charge is 2.35. The van der Waals surface area contributed by atoms with Crippen LogP contribution in [0, 0.1) is 11.8 Å². The summed E-state index contributed by atoms with van der Waals surface area (Å²) in [5, 5.41) is 27.5. The molecule has 1 aliphatic heterocycles. The number of amides is 2. The Bertz CT molecular complexity index is 1440. The van der Waals surface area contributed by atoms with Crippen molar-refractivity contribution in [3.63, 3.8) is 0 Å². The number of fused-ring (bicyclic) bond motifs is 2. The Morgan fingerprint density at radius 3 is 2.52 bits per heavy atom. The number of hydrogen-bond donors (Lipinski definition) is 5. The molecule has 1 saturated carbocycles. The van der Waals surface area contributed by atoms with Crippen molar-refractivity contribution in [3.8, 4) is 5.75 Å². The summed E-state index contributed by atoms with van der Waals surface area (Å²) in [7, 11) is 1.76. The van der Waals surface area contributed by atoms with Gasteiger partial charge in [0.1, 0.15) is 5.75 Å². The van der Waals surface area contributed by atoms with Gasteiger partial charge in [-0.3, -0.25) is 14.4 Å². The number of aliphatic hydroxyl groups excluding tert-OH is 1. The lowest BCUT2D eigenvalue weighted by atomic mass is 10.0. The lowest BCUT2D eigenvalue weighted by Crippen LogP contribution is -2.33. The number of carbonyl (C=O) groups excluding carboxylic acids is 2. The van der Waals surface area contributed by atoms with Crippen LogP contribution in [0.15, 0.2) is 53.3 Å². The fourth-order valence-electron chi connectivity index (χ4n) is 6.30. The predicted molar refractivity (Wildman–Crippen MR) is 162 cm³/mol. The zero-order valence-corrected chi connectivity index (χ0v) is 24.1. The lowest BCUT2D eigenvalue weighted by Gasteiger charge is -2.20. The SMILES string of the molecule is CN(CCC(=O)Nc1ccc(CNC[C@H](O)c2ccc(O)c3[nH]c(=O)ccc23)cc1)C(=O)CCN1CC2CCCC2C1. The number of likely N-dealkylation sites (tertiary alicyclic amines) is 1. The van der Waals surface area contributed by atoms with Gasteiger partial charge in [0.15, 0.2) is 0 Å². The molecule has 0 radical (unpaired) electrons. The number of aromatic amines is 1. The minimum Gasteiger partial charge on any atom is -0.506 e. The van der Waals surface area contributed by atoms with Gasteiger partial charge in [-0.25, -0.2) is 0 Å². The number of aromatic hydroxyl groups is 1. The van der Waals surface area contributed by atoms with Crippen molar-refractivity contribution in [1.29, 1.82) is 0 Å². The molecule has 0 bridgehead atoms. The number of pyridine rings is 1. The lowest BCUT2D eigenvalue weighted by molar-refractivity contribution is -0.130. The first-order chi connectivity index (χ1) is 20.3. The summed E-state index contributed by atoms with van der Waals surface area (Å²) in [6.45, 7) is 4.21. The normalized spacial score (nSPS) is 19.1. The van der Waals surface area contributed by atoms with Crippen LogP contribution >= 0.6 is 0 Å². The van der Waals surface area contributed by atoms with Crippen LogP contribution in [0.1, 0.15) is 49.3 Å². The van der Waals surface area contributed by atoms with E-state index in [0.717, 1.165) is 37.0 Å². The van der Waals surface area contributed by atoms with Crippen LogP contribution in [0.3, 0.4) is 0 Å². The summed E-state index contributed by atoms with van der Waals surface area (Å²) < 4.78 is 0. The molecule has 2 aliphatic rings. The number of carbonyl (C=O) groups is 2. The van der Waals surface area contributed by atoms with E-state index in [-0.39, 0.29) is 36.1 Å². The second-order valence-electron chi connectivity index (χ2n) is 11.7. The molecular formula is C32H41N5O5. The number of rotatable bonds is 12. The van der Waals surface area contributed by atoms with E-state index >= 15 is 0 Å². The van der Waals surface area contributed by atoms with Crippen molar-refractivity contribution in [2.45, 2.75) is 44.8 Å². The quantitative estimate of drug-likeness (QED) is 0.224. The summed E-state index contributed by atoms with van der Waals surface area (Å²) in [5.74, 6) is 1.54. The average molecular weight is 576 g/mol. The Kier molecular flexibility index (Phi) is 9.56. The van der Waals surface area contributed by atoms with E-state index in [9.17, 15) is 24.6 Å². The van der Waals surface area contributed by atoms with Crippen molar-refractivity contribution in [3.05, 3.63) is 70.0 Å². The number of anilines is 1. The summed E-state index contributed by atoms with van der Waals surface area (Å²) in [4.78, 5) is 43.4. The number of phenolic OH excluding ortho intramolecular Hbond substituents is 1. The van der Waals surface area contributed by atoms with Gasteiger partial charge in [0.2, 0.25) is 17.4 Å². The van der Waals surface area contributed by atoms with Crippen LogP contribution in [-0.2, 0) is 16.1 Å². The van der Waals surface area contributed by atoms with Crippen LogP contribution in [0.5, 0.6) is 5.75 Å². The molecule has 1 saturated heterocycles. The number of H-pyrrole nitrogens is 1. The van der Waals surface area contributed by atoms with Gasteiger partial charge in [0.05, 0.1) is 11.6 Å². The molecular weight excluding hydrogens is 534 g/mol. The van der Waals surface area contributed by atoms with E-state index in [1.54, 1.807) is 24.1 Å². The summed E-state index contributed by atoms with van der Waals surface area (Å²) in [6.07, 6.45) is 3.90. The molecule has 10 nitrogen and oxygen atoms in total. The van der Waals surface area contributed by atoms with E-state index in [1.165, 1.54) is 31.4 Å². The Morgan fingerprint density at radius 1 is 1.05 bits per heavy atom. The van der Waals surface area contributed by atoms with Crippen LogP contribution in [0.4, 0.5) is 5.69 Å². The monoisotopic (exact) mass is 575 g/mol. The molecule has 5 N–H and O–H groups in total. The molecule has 2 fully saturated rings. The molecule has 42 heavy (non-hydrogen) atoms. The topological polar surface area (TPSA) is 138 Å². The zero-order valence-electron chi connectivity index (χ0n) is 24.1. The third-order valence-corrected chi connectivity index (χ3v) is 8.71. The van der Waals surface area contributed by atoms with E-state index in [4.69, 9.17) is 0 Å². The molecule has 5 rings (SSSR count). The number of hydrogen-bond acceptors (Lipinski definition) is 7. The number of aromatic nitrogens is 1. The van der Waals surface area contributed by atoms with E-state index in [1.807, 2.05) is 24.3 Å². The highest BCUT2D eigenvalue weighted by molar-refractivity contribution is 5.91. The van der Waals surface area contributed by atoms with Gasteiger partial charge >= 0.3 is 0 Å². The second-order valence-corrected chi connectivity index (χ2v) is 11.7. The first kappa shape index (κ1) is 29.8. The van der Waals surface area contributed by atoms with Gasteiger partial charge in [-0.2, -0.15) is 0 Å². The van der Waals surface area contributed by atoms with Crippen LogP contribution in [-0.4, -0.2) is 76.6 Å². The summed E-state index contributed by atoms with van der Waals surface area (Å²) in [6, 6.07) is 13.5. The Labute approximate surface area is 245 Å². The summed E-state index contributed by atoms with van der Waals surface area (Å²) >= 11 is 0. The number of aliphatic hydroxyl groups is 1. The number of nitrogens with zero attached hydrogens (tertiary/aromatic N) is 2. The smallest absolute Gasteiger partial charge is 0.248 e. The molecule has 10 heteroatoms. The molecule has 0 spiro atoms. The Hall–Kier alpha value is -3.73. The maximum absolute atomic E-state index is 12.6. The molecule has 1 aromatic heterocycles. The third-order valence-electron chi connectivity index (χ3n) is 8.71. The number of phenols is 1. The van der Waals surface area contributed by atoms with Crippen molar-refractivity contribution in [1.82, 2.24) is 20.1 Å². The Morgan fingerprint density at radius 2 is 1.79 bits per heavy atom. The highest BCUT2D eigenvalue weighted by Crippen LogP contribution is 2.37.